The molecule has 0 saturated carbocycles. The third-order valence-electron chi connectivity index (χ3n) is 3.54. The highest BCUT2D eigenvalue weighted by Gasteiger charge is 2.26. The Bertz CT molecular complexity index is 470. The van der Waals surface area contributed by atoms with Gasteiger partial charge >= 0.3 is 5.97 Å². The zero-order chi connectivity index (χ0) is 18.9. The maximum atomic E-state index is 12.0. The van der Waals surface area contributed by atoms with Gasteiger partial charge in [-0.25, -0.2) is 0 Å². The number of carboxylic acids is 1. The minimum atomic E-state index is -1.32. The molecule has 0 saturated heterocycles. The van der Waals surface area contributed by atoms with Gasteiger partial charge in [0.15, 0.2) is 0 Å². The lowest BCUT2D eigenvalue weighted by Gasteiger charge is -2.22. The first-order valence-electron chi connectivity index (χ1n) is 7.60. The Hall–Kier alpha value is -2.20. The molecule has 0 bridgehead atoms. The molecule has 0 spiro atoms. The van der Waals surface area contributed by atoms with Crippen molar-refractivity contribution in [2.75, 3.05) is 13.2 Å². The minimum Gasteiger partial charge on any atom is -0.480 e. The van der Waals surface area contributed by atoms with E-state index in [1.807, 2.05) is 19.2 Å². The van der Waals surface area contributed by atoms with Crippen molar-refractivity contribution in [3.63, 3.8) is 0 Å². The Morgan fingerprint density at radius 3 is 2.08 bits per heavy atom. The van der Waals surface area contributed by atoms with Crippen LogP contribution in [0.15, 0.2) is 0 Å². The zero-order valence-corrected chi connectivity index (χ0v) is 14.0. The second kappa shape index (κ2) is 10.6. The Kier molecular flexibility index (Phi) is 9.58. The van der Waals surface area contributed by atoms with Gasteiger partial charge in [-0.05, 0) is 12.8 Å². The number of aliphatic hydroxyl groups is 1. The van der Waals surface area contributed by atoms with E-state index in [1.165, 1.54) is 6.92 Å². The number of hydrogen-bond donors (Lipinski definition) is 6. The lowest BCUT2D eigenvalue weighted by molar-refractivity contribution is -0.138. The molecular formula is C14H26N4O6. The predicted octanol–water partition coefficient (Wildman–Crippen LogP) is -2.46. The summed E-state index contributed by atoms with van der Waals surface area (Å²) in [6.07, 6.45) is 0.700. The maximum Gasteiger partial charge on any atom is 0.322 e. The van der Waals surface area contributed by atoms with Gasteiger partial charge in [0.05, 0.1) is 12.6 Å². The van der Waals surface area contributed by atoms with E-state index in [4.69, 9.17) is 15.9 Å². The molecule has 7 N–H and O–H groups in total. The molecule has 4 atom stereocenters. The van der Waals surface area contributed by atoms with E-state index in [0.717, 1.165) is 0 Å². The molecule has 0 aliphatic carbocycles. The smallest absolute Gasteiger partial charge is 0.322 e. The van der Waals surface area contributed by atoms with E-state index in [2.05, 4.69) is 10.6 Å². The van der Waals surface area contributed by atoms with E-state index >= 15 is 0 Å². The van der Waals surface area contributed by atoms with Crippen molar-refractivity contribution in [3.8, 4) is 0 Å². The third kappa shape index (κ3) is 7.38. The molecule has 10 nitrogen and oxygen atoms in total. The van der Waals surface area contributed by atoms with Crippen molar-refractivity contribution in [2.45, 2.75) is 45.3 Å². The highest BCUT2D eigenvalue weighted by Crippen LogP contribution is 2.05. The van der Waals surface area contributed by atoms with Gasteiger partial charge in [-0.3, -0.25) is 19.2 Å². The monoisotopic (exact) mass is 346 g/mol. The Morgan fingerprint density at radius 2 is 1.62 bits per heavy atom. The molecule has 0 aliphatic rings. The van der Waals surface area contributed by atoms with Crippen molar-refractivity contribution >= 4 is 23.7 Å². The summed E-state index contributed by atoms with van der Waals surface area (Å²) >= 11 is 0. The van der Waals surface area contributed by atoms with Gasteiger partial charge < -0.3 is 31.9 Å². The summed E-state index contributed by atoms with van der Waals surface area (Å²) in [4.78, 5) is 45.9. The Balaban J connectivity index is 4.58. The van der Waals surface area contributed by atoms with Crippen LogP contribution in [-0.4, -0.2) is 65.2 Å². The first kappa shape index (κ1) is 21.8. The van der Waals surface area contributed by atoms with Crippen molar-refractivity contribution in [2.24, 2.45) is 11.7 Å². The van der Waals surface area contributed by atoms with Gasteiger partial charge in [0.2, 0.25) is 17.7 Å². The molecule has 0 radical (unpaired) electrons. The van der Waals surface area contributed by atoms with Crippen LogP contribution < -0.4 is 21.7 Å². The van der Waals surface area contributed by atoms with Crippen LogP contribution in [0, 0.1) is 5.92 Å². The molecular weight excluding hydrogens is 320 g/mol. The number of nitrogens with two attached hydrogens (primary N) is 1. The molecule has 0 aromatic rings. The fourth-order valence-electron chi connectivity index (χ4n) is 1.66. The molecule has 3 amide bonds. The quantitative estimate of drug-likeness (QED) is 0.255. The summed E-state index contributed by atoms with van der Waals surface area (Å²) in [5.74, 6) is -3.37. The van der Waals surface area contributed by atoms with Crippen LogP contribution in [0.25, 0.3) is 0 Å². The van der Waals surface area contributed by atoms with Gasteiger partial charge in [-0.15, -0.1) is 0 Å². The van der Waals surface area contributed by atoms with Crippen molar-refractivity contribution < 1.29 is 29.4 Å². The molecule has 0 rings (SSSR count). The number of hydrogen-bond acceptors (Lipinski definition) is 6. The highest BCUT2D eigenvalue weighted by molar-refractivity contribution is 5.93. The van der Waals surface area contributed by atoms with Crippen LogP contribution in [-0.2, 0) is 19.2 Å². The molecule has 4 unspecified atom stereocenters. The van der Waals surface area contributed by atoms with Gasteiger partial charge in [0.1, 0.15) is 18.6 Å². The van der Waals surface area contributed by atoms with Crippen LogP contribution in [0.5, 0.6) is 0 Å². The summed E-state index contributed by atoms with van der Waals surface area (Å²) < 4.78 is 0. The highest BCUT2D eigenvalue weighted by atomic mass is 16.4. The number of carboxylic acid groups (broad SMARTS) is 1. The van der Waals surface area contributed by atoms with E-state index < -0.39 is 55.0 Å². The Morgan fingerprint density at radius 1 is 1.04 bits per heavy atom. The average Bonchev–Trinajstić information content (AvgIpc) is 2.55. The van der Waals surface area contributed by atoms with Crippen LogP contribution in [0.3, 0.4) is 0 Å². The van der Waals surface area contributed by atoms with Crippen LogP contribution in [0.4, 0.5) is 0 Å². The number of carbonyl (C=O) groups excluding carboxylic acids is 3. The minimum absolute atomic E-state index is 0.0627. The lowest BCUT2D eigenvalue weighted by Crippen LogP contribution is -2.56. The molecule has 0 fully saturated rings. The van der Waals surface area contributed by atoms with Crippen molar-refractivity contribution in [1.82, 2.24) is 16.0 Å². The average molecular weight is 346 g/mol. The summed E-state index contributed by atoms with van der Waals surface area (Å²) in [7, 11) is 0. The Labute approximate surface area is 140 Å². The molecule has 138 valence electrons. The number of rotatable bonds is 10. The van der Waals surface area contributed by atoms with E-state index in [9.17, 15) is 19.2 Å². The molecule has 0 aliphatic heterocycles. The number of nitrogens with one attached hydrogen (secondary N) is 3. The number of aliphatic carboxylic acids is 1. The second-order valence-electron chi connectivity index (χ2n) is 5.50. The first-order chi connectivity index (χ1) is 11.1. The number of aliphatic hydroxyl groups excluding tert-OH is 1. The lowest BCUT2D eigenvalue weighted by atomic mass is 9.99. The molecule has 0 aromatic carbocycles. The normalized spacial score (nSPS) is 15.5. The molecule has 24 heavy (non-hydrogen) atoms. The summed E-state index contributed by atoms with van der Waals surface area (Å²) in [6, 6.07) is -3.06. The standard InChI is InChI=1S/C14H26N4O6/c1-4-7(2)11(15)14(24)17-8(3)12(22)18-9(6-19)13(23)16-5-10(20)21/h7-9,11,19H,4-6,15H2,1-3H3,(H,16,23)(H,17,24)(H,18,22)(H,20,21). The zero-order valence-electron chi connectivity index (χ0n) is 14.0. The number of amides is 3. The summed E-state index contributed by atoms with van der Waals surface area (Å²) in [5, 5.41) is 24.3. The van der Waals surface area contributed by atoms with Crippen LogP contribution in [0.2, 0.25) is 0 Å². The van der Waals surface area contributed by atoms with Gasteiger partial charge in [-0.2, -0.15) is 0 Å². The molecule has 10 heteroatoms. The summed E-state index contributed by atoms with van der Waals surface area (Å²) in [5.41, 5.74) is 5.76. The first-order valence-corrected chi connectivity index (χ1v) is 7.60. The van der Waals surface area contributed by atoms with Crippen LogP contribution in [0.1, 0.15) is 27.2 Å². The van der Waals surface area contributed by atoms with E-state index in [1.54, 1.807) is 0 Å². The molecule has 0 aromatic heterocycles. The van der Waals surface area contributed by atoms with Gasteiger partial charge in [0.25, 0.3) is 0 Å². The predicted molar refractivity (Wildman–Crippen MR) is 84.7 cm³/mol. The topological polar surface area (TPSA) is 171 Å². The second-order valence-corrected chi connectivity index (χ2v) is 5.50. The fourth-order valence-corrected chi connectivity index (χ4v) is 1.66. The van der Waals surface area contributed by atoms with Crippen molar-refractivity contribution in [3.05, 3.63) is 0 Å². The maximum absolute atomic E-state index is 12.0. The van der Waals surface area contributed by atoms with Gasteiger partial charge in [-0.1, -0.05) is 20.3 Å². The van der Waals surface area contributed by atoms with Gasteiger partial charge in [0, 0.05) is 0 Å². The van der Waals surface area contributed by atoms with E-state index in [-0.39, 0.29) is 5.92 Å². The molecule has 0 heterocycles. The number of carbonyl (C=O) groups is 4. The fraction of sp³-hybridized carbons (Fsp3) is 0.714. The third-order valence-corrected chi connectivity index (χ3v) is 3.54. The van der Waals surface area contributed by atoms with Crippen molar-refractivity contribution in [1.29, 1.82) is 0 Å². The largest absolute Gasteiger partial charge is 0.480 e. The van der Waals surface area contributed by atoms with Crippen LogP contribution >= 0.6 is 0 Å². The summed E-state index contributed by atoms with van der Waals surface area (Å²) in [6.45, 7) is 3.74. The SMILES string of the molecule is CCC(C)C(N)C(=O)NC(C)C(=O)NC(CO)C(=O)NCC(=O)O. The van der Waals surface area contributed by atoms with E-state index in [0.29, 0.717) is 6.42 Å².